The molecule has 150 valence electrons. The number of benzene rings is 3. The van der Waals surface area contributed by atoms with Gasteiger partial charge in [0.2, 0.25) is 5.91 Å². The summed E-state index contributed by atoms with van der Waals surface area (Å²) in [4.78, 5) is 12.3. The molecule has 0 aliphatic heterocycles. The molecule has 0 aromatic heterocycles. The van der Waals surface area contributed by atoms with Crippen LogP contribution in [0.4, 0.5) is 0 Å². The van der Waals surface area contributed by atoms with Crippen molar-refractivity contribution in [3.05, 3.63) is 101 Å². The highest BCUT2D eigenvalue weighted by atomic mass is 35.5. The standard InChI is InChI=1S/C23H22ClNO3S/c24-20-11-13-21(14-12-20)29(27,28)17-23(26)25-16-15-22(18-7-3-1-4-8-18)19-9-5-2-6-10-19/h1-14,22H,15-17H2,(H,25,26). The molecule has 0 atom stereocenters. The van der Waals surface area contributed by atoms with E-state index in [0.29, 0.717) is 18.0 Å². The Morgan fingerprint density at radius 2 is 1.34 bits per heavy atom. The summed E-state index contributed by atoms with van der Waals surface area (Å²) in [6, 6.07) is 25.9. The van der Waals surface area contributed by atoms with Crippen molar-refractivity contribution in [1.82, 2.24) is 5.32 Å². The Morgan fingerprint density at radius 1 is 0.828 bits per heavy atom. The lowest BCUT2D eigenvalue weighted by atomic mass is 9.88. The smallest absolute Gasteiger partial charge is 0.235 e. The normalized spacial score (nSPS) is 11.4. The number of hydrogen-bond donors (Lipinski definition) is 1. The summed E-state index contributed by atoms with van der Waals surface area (Å²) in [7, 11) is -3.70. The quantitative estimate of drug-likeness (QED) is 0.577. The summed E-state index contributed by atoms with van der Waals surface area (Å²) < 4.78 is 24.8. The van der Waals surface area contributed by atoms with Crippen LogP contribution in [0.2, 0.25) is 5.02 Å². The van der Waals surface area contributed by atoms with Gasteiger partial charge in [-0.15, -0.1) is 0 Å². The molecule has 1 N–H and O–H groups in total. The number of hydrogen-bond acceptors (Lipinski definition) is 3. The molecular formula is C23H22ClNO3S. The fraction of sp³-hybridized carbons (Fsp3) is 0.174. The van der Waals surface area contributed by atoms with Gasteiger partial charge >= 0.3 is 0 Å². The minimum absolute atomic E-state index is 0.0866. The lowest BCUT2D eigenvalue weighted by Gasteiger charge is -2.18. The second-order valence-electron chi connectivity index (χ2n) is 6.73. The Balaban J connectivity index is 1.62. The van der Waals surface area contributed by atoms with Crippen LogP contribution in [0.1, 0.15) is 23.5 Å². The molecule has 3 aromatic carbocycles. The van der Waals surface area contributed by atoms with Crippen LogP contribution in [0, 0.1) is 0 Å². The van der Waals surface area contributed by atoms with Gasteiger partial charge in [-0.05, 0) is 41.8 Å². The Bertz CT molecular complexity index is 997. The van der Waals surface area contributed by atoms with Crippen molar-refractivity contribution in [2.75, 3.05) is 12.3 Å². The van der Waals surface area contributed by atoms with Crippen LogP contribution in [-0.4, -0.2) is 26.6 Å². The van der Waals surface area contributed by atoms with E-state index in [1.807, 2.05) is 36.4 Å². The number of carbonyl (C=O) groups excluding carboxylic acids is 1. The Labute approximate surface area is 176 Å². The van der Waals surface area contributed by atoms with Crippen LogP contribution < -0.4 is 5.32 Å². The lowest BCUT2D eigenvalue weighted by Crippen LogP contribution is -2.31. The van der Waals surface area contributed by atoms with Crippen molar-refractivity contribution >= 4 is 27.3 Å². The number of carbonyl (C=O) groups is 1. The van der Waals surface area contributed by atoms with E-state index in [1.54, 1.807) is 0 Å². The van der Waals surface area contributed by atoms with E-state index in [-0.39, 0.29) is 10.8 Å². The van der Waals surface area contributed by atoms with Crippen molar-refractivity contribution in [3.8, 4) is 0 Å². The first-order chi connectivity index (χ1) is 14.0. The highest BCUT2D eigenvalue weighted by Gasteiger charge is 2.20. The van der Waals surface area contributed by atoms with Crippen LogP contribution in [-0.2, 0) is 14.6 Å². The molecule has 0 saturated heterocycles. The fourth-order valence-electron chi connectivity index (χ4n) is 3.20. The summed E-state index contributed by atoms with van der Waals surface area (Å²) in [6.07, 6.45) is 0.667. The zero-order valence-corrected chi connectivity index (χ0v) is 17.4. The fourth-order valence-corrected chi connectivity index (χ4v) is 4.49. The van der Waals surface area contributed by atoms with Gasteiger partial charge in [-0.1, -0.05) is 72.3 Å². The van der Waals surface area contributed by atoms with E-state index >= 15 is 0 Å². The maximum absolute atomic E-state index is 12.4. The SMILES string of the molecule is O=C(CS(=O)(=O)c1ccc(Cl)cc1)NCCC(c1ccccc1)c1ccccc1. The average molecular weight is 428 g/mol. The van der Waals surface area contributed by atoms with E-state index in [1.165, 1.54) is 24.3 Å². The van der Waals surface area contributed by atoms with Crippen molar-refractivity contribution in [3.63, 3.8) is 0 Å². The third kappa shape index (κ3) is 5.92. The first kappa shape index (κ1) is 21.1. The molecule has 29 heavy (non-hydrogen) atoms. The topological polar surface area (TPSA) is 63.2 Å². The molecule has 0 heterocycles. The van der Waals surface area contributed by atoms with E-state index in [2.05, 4.69) is 29.6 Å². The Kier molecular flexibility index (Phi) is 7.07. The lowest BCUT2D eigenvalue weighted by molar-refractivity contribution is -0.118. The zero-order valence-electron chi connectivity index (χ0n) is 15.8. The van der Waals surface area contributed by atoms with Gasteiger partial charge in [-0.3, -0.25) is 4.79 Å². The minimum atomic E-state index is -3.70. The molecule has 0 spiro atoms. The van der Waals surface area contributed by atoms with Crippen molar-refractivity contribution < 1.29 is 13.2 Å². The monoisotopic (exact) mass is 427 g/mol. The minimum Gasteiger partial charge on any atom is -0.355 e. The average Bonchev–Trinajstić information content (AvgIpc) is 2.72. The van der Waals surface area contributed by atoms with Gasteiger partial charge in [0.15, 0.2) is 9.84 Å². The van der Waals surface area contributed by atoms with E-state index < -0.39 is 21.5 Å². The van der Waals surface area contributed by atoms with Gasteiger partial charge in [-0.2, -0.15) is 0 Å². The molecule has 0 fully saturated rings. The first-order valence-corrected chi connectivity index (χ1v) is 11.3. The number of sulfone groups is 1. The molecule has 0 saturated carbocycles. The molecular weight excluding hydrogens is 406 g/mol. The maximum Gasteiger partial charge on any atom is 0.235 e. The zero-order chi connectivity index (χ0) is 20.7. The first-order valence-electron chi connectivity index (χ1n) is 9.30. The van der Waals surface area contributed by atoms with Gasteiger partial charge in [0.05, 0.1) is 4.90 Å². The second-order valence-corrected chi connectivity index (χ2v) is 9.15. The van der Waals surface area contributed by atoms with E-state index in [0.717, 1.165) is 11.1 Å². The molecule has 0 bridgehead atoms. The van der Waals surface area contributed by atoms with Crippen LogP contribution in [0.25, 0.3) is 0 Å². The maximum atomic E-state index is 12.4. The predicted molar refractivity (Wildman–Crippen MR) is 116 cm³/mol. The van der Waals surface area contributed by atoms with Crippen molar-refractivity contribution in [2.24, 2.45) is 0 Å². The number of halogens is 1. The van der Waals surface area contributed by atoms with Gasteiger partial charge in [0.1, 0.15) is 5.75 Å². The largest absolute Gasteiger partial charge is 0.355 e. The molecule has 1 amide bonds. The summed E-state index contributed by atoms with van der Waals surface area (Å²) >= 11 is 5.79. The number of nitrogens with one attached hydrogen (secondary N) is 1. The molecule has 3 rings (SSSR count). The van der Waals surface area contributed by atoms with Gasteiger partial charge in [-0.25, -0.2) is 8.42 Å². The Hall–Kier alpha value is -2.63. The molecule has 0 radical (unpaired) electrons. The summed E-state index contributed by atoms with van der Waals surface area (Å²) in [5.41, 5.74) is 2.31. The van der Waals surface area contributed by atoms with Gasteiger partial charge in [0, 0.05) is 17.5 Å². The predicted octanol–water partition coefficient (Wildman–Crippen LogP) is 4.45. The van der Waals surface area contributed by atoms with Crippen LogP contribution in [0.5, 0.6) is 0 Å². The molecule has 4 nitrogen and oxygen atoms in total. The van der Waals surface area contributed by atoms with Gasteiger partial charge in [0.25, 0.3) is 0 Å². The van der Waals surface area contributed by atoms with Gasteiger partial charge < -0.3 is 5.32 Å². The number of amides is 1. The molecule has 0 unspecified atom stereocenters. The summed E-state index contributed by atoms with van der Waals surface area (Å²) in [5, 5.41) is 3.19. The Morgan fingerprint density at radius 3 is 1.86 bits per heavy atom. The second kappa shape index (κ2) is 9.72. The number of rotatable bonds is 8. The van der Waals surface area contributed by atoms with E-state index in [4.69, 9.17) is 11.6 Å². The summed E-state index contributed by atoms with van der Waals surface area (Å²) in [5.74, 6) is -0.985. The highest BCUT2D eigenvalue weighted by Crippen LogP contribution is 2.27. The van der Waals surface area contributed by atoms with Crippen LogP contribution in [0.3, 0.4) is 0 Å². The molecule has 0 aliphatic rings. The third-order valence-electron chi connectivity index (χ3n) is 4.65. The van der Waals surface area contributed by atoms with E-state index in [9.17, 15) is 13.2 Å². The third-order valence-corrected chi connectivity index (χ3v) is 6.54. The highest BCUT2D eigenvalue weighted by molar-refractivity contribution is 7.92. The van der Waals surface area contributed by atoms with Crippen LogP contribution in [0.15, 0.2) is 89.8 Å². The molecule has 6 heteroatoms. The van der Waals surface area contributed by atoms with Crippen molar-refractivity contribution in [2.45, 2.75) is 17.2 Å². The van der Waals surface area contributed by atoms with Crippen LogP contribution >= 0.6 is 11.6 Å². The molecule has 0 aliphatic carbocycles. The summed E-state index contributed by atoms with van der Waals surface area (Å²) in [6.45, 7) is 0.378. The van der Waals surface area contributed by atoms with Crippen molar-refractivity contribution in [1.29, 1.82) is 0 Å². The molecule has 3 aromatic rings.